The maximum absolute atomic E-state index is 15.6. The van der Waals surface area contributed by atoms with Crippen LogP contribution in [0.3, 0.4) is 0 Å². The second-order valence-electron chi connectivity index (χ2n) is 8.42. The van der Waals surface area contributed by atoms with Crippen LogP contribution in [0, 0.1) is 11.7 Å². The molecule has 9 nitrogen and oxygen atoms in total. The zero-order valence-corrected chi connectivity index (χ0v) is 18.8. The Morgan fingerprint density at radius 1 is 1.20 bits per heavy atom. The van der Waals surface area contributed by atoms with Crippen LogP contribution in [0.4, 0.5) is 23.2 Å². The van der Waals surface area contributed by atoms with Crippen molar-refractivity contribution in [3.05, 3.63) is 47.7 Å². The van der Waals surface area contributed by atoms with E-state index in [4.69, 9.17) is 19.9 Å². The Balaban J connectivity index is 0.00000289. The van der Waals surface area contributed by atoms with Gasteiger partial charge in [0.2, 0.25) is 5.88 Å². The Bertz CT molecular complexity index is 1170. The lowest BCUT2D eigenvalue weighted by molar-refractivity contribution is 0.00905. The first-order chi connectivity index (χ1) is 16.1. The lowest BCUT2D eigenvalue weighted by Gasteiger charge is -2.38. The predicted molar refractivity (Wildman–Crippen MR) is 116 cm³/mol. The zero-order chi connectivity index (χ0) is 24.1. The van der Waals surface area contributed by atoms with Crippen molar-refractivity contribution >= 4 is 30.0 Å². The van der Waals surface area contributed by atoms with Crippen molar-refractivity contribution in [1.29, 1.82) is 0 Å². The van der Waals surface area contributed by atoms with E-state index in [9.17, 15) is 18.0 Å². The first-order valence-electron chi connectivity index (χ1n) is 10.3. The molecule has 1 aliphatic carbocycles. The van der Waals surface area contributed by atoms with Gasteiger partial charge in [-0.15, -0.1) is 12.4 Å². The summed E-state index contributed by atoms with van der Waals surface area (Å²) in [7, 11) is 0. The van der Waals surface area contributed by atoms with E-state index in [1.54, 1.807) is 0 Å². The molecule has 0 spiro atoms. The number of nitrogens with zero attached hydrogens (tertiary/aromatic N) is 3. The first-order valence-corrected chi connectivity index (χ1v) is 10.3. The summed E-state index contributed by atoms with van der Waals surface area (Å²) in [6.45, 7) is -1.28. The molecule has 35 heavy (non-hydrogen) atoms. The molecule has 3 unspecified atom stereocenters. The number of hydrogen-bond donors (Lipinski definition) is 2. The molecule has 1 saturated carbocycles. The Morgan fingerprint density at radius 3 is 2.66 bits per heavy atom. The summed E-state index contributed by atoms with van der Waals surface area (Å²) in [4.78, 5) is 24.4. The van der Waals surface area contributed by atoms with Gasteiger partial charge in [0, 0.05) is 17.7 Å². The molecule has 2 fully saturated rings. The second kappa shape index (κ2) is 8.79. The normalized spacial score (nSPS) is 28.1. The number of fused-ring (bicyclic) bond motifs is 1. The highest BCUT2D eigenvalue weighted by Crippen LogP contribution is 2.49. The molecule has 1 amide bonds. The molecule has 5 rings (SSSR count). The van der Waals surface area contributed by atoms with Gasteiger partial charge in [0.05, 0.1) is 38.1 Å². The number of alkyl halides is 3. The van der Waals surface area contributed by atoms with Gasteiger partial charge >= 0.3 is 0 Å². The maximum atomic E-state index is 15.6. The summed E-state index contributed by atoms with van der Waals surface area (Å²) in [6.07, 6.45) is 2.01. The first kappa shape index (κ1) is 24.9. The zero-order valence-electron chi connectivity index (χ0n) is 18.0. The van der Waals surface area contributed by atoms with Crippen molar-refractivity contribution in [2.45, 2.75) is 23.6 Å². The molecule has 3 atom stereocenters. The molecular weight excluding hydrogens is 498 g/mol. The van der Waals surface area contributed by atoms with E-state index in [0.717, 1.165) is 18.5 Å². The van der Waals surface area contributed by atoms with E-state index in [2.05, 4.69) is 20.3 Å². The topological polar surface area (TPSA) is 121 Å². The fourth-order valence-corrected chi connectivity index (χ4v) is 3.95. The number of amides is 1. The van der Waals surface area contributed by atoms with E-state index in [0.29, 0.717) is 0 Å². The van der Waals surface area contributed by atoms with Gasteiger partial charge < -0.3 is 25.3 Å². The van der Waals surface area contributed by atoms with E-state index < -0.39 is 41.4 Å². The number of amidine groups is 1. The molecule has 3 heterocycles. The maximum Gasteiger partial charge on any atom is 0.283 e. The van der Waals surface area contributed by atoms with Crippen molar-refractivity contribution in [2.24, 2.45) is 16.6 Å². The van der Waals surface area contributed by atoms with Crippen molar-refractivity contribution in [3.63, 3.8) is 0 Å². The molecule has 188 valence electrons. The van der Waals surface area contributed by atoms with E-state index in [1.807, 2.05) is 0 Å². The average Bonchev–Trinajstić information content (AvgIpc) is 3.27. The van der Waals surface area contributed by atoms with Gasteiger partial charge in [-0.1, -0.05) is 0 Å². The van der Waals surface area contributed by atoms with E-state index >= 15 is 4.39 Å². The SMILES string of the molecule is Cl.NC1=NC2(c3cc(NC(=O)c4cnc(OCC5CC5(F)F)cn4)ccc3F)COCC2(F)CO1. The fourth-order valence-electron chi connectivity index (χ4n) is 3.95. The summed E-state index contributed by atoms with van der Waals surface area (Å²) in [5, 5.41) is 2.53. The molecule has 1 aromatic heterocycles. The molecule has 0 radical (unpaired) electrons. The third-order valence-corrected chi connectivity index (χ3v) is 6.05. The van der Waals surface area contributed by atoms with Crippen LogP contribution in [0.25, 0.3) is 0 Å². The van der Waals surface area contributed by atoms with Gasteiger partial charge in [0.15, 0.2) is 11.2 Å². The monoisotopic (exact) mass is 517 g/mol. The van der Waals surface area contributed by atoms with Crippen molar-refractivity contribution in [1.82, 2.24) is 9.97 Å². The minimum atomic E-state index is -2.71. The van der Waals surface area contributed by atoms with Crippen molar-refractivity contribution in [3.8, 4) is 5.88 Å². The number of nitrogens with one attached hydrogen (secondary N) is 1. The Hall–Kier alpha value is -3.19. The van der Waals surface area contributed by atoms with Crippen molar-refractivity contribution in [2.75, 3.05) is 31.7 Å². The molecule has 1 saturated heterocycles. The highest BCUT2D eigenvalue weighted by atomic mass is 35.5. The quantitative estimate of drug-likeness (QED) is 0.565. The summed E-state index contributed by atoms with van der Waals surface area (Å²) in [5.74, 6) is -5.01. The van der Waals surface area contributed by atoms with Crippen LogP contribution in [-0.2, 0) is 15.0 Å². The molecule has 3 N–H and O–H groups in total. The van der Waals surface area contributed by atoms with Gasteiger partial charge in [-0.2, -0.15) is 0 Å². The summed E-state index contributed by atoms with van der Waals surface area (Å²) < 4.78 is 71.6. The Kier molecular flexibility index (Phi) is 6.26. The van der Waals surface area contributed by atoms with Crippen LogP contribution < -0.4 is 15.8 Å². The lowest BCUT2D eigenvalue weighted by Crippen LogP contribution is -2.55. The number of halogens is 5. The van der Waals surface area contributed by atoms with Crippen LogP contribution in [0.1, 0.15) is 22.5 Å². The largest absolute Gasteiger partial charge is 0.476 e. The molecule has 2 aromatic rings. The number of anilines is 1. The highest BCUT2D eigenvalue weighted by molar-refractivity contribution is 6.02. The number of rotatable bonds is 6. The minimum absolute atomic E-state index is 0. The van der Waals surface area contributed by atoms with Gasteiger partial charge in [-0.05, 0) is 18.2 Å². The third-order valence-electron chi connectivity index (χ3n) is 6.05. The highest BCUT2D eigenvalue weighted by Gasteiger charge is 2.62. The second-order valence-corrected chi connectivity index (χ2v) is 8.42. The Labute approximate surface area is 202 Å². The molecular formula is C21H20ClF4N5O4. The average molecular weight is 518 g/mol. The lowest BCUT2D eigenvalue weighted by atomic mass is 9.78. The van der Waals surface area contributed by atoms with Crippen LogP contribution >= 0.6 is 12.4 Å². The van der Waals surface area contributed by atoms with Crippen LogP contribution in [0.2, 0.25) is 0 Å². The van der Waals surface area contributed by atoms with Crippen LogP contribution in [0.5, 0.6) is 5.88 Å². The number of nitrogens with two attached hydrogens (primary N) is 1. The van der Waals surface area contributed by atoms with E-state index in [1.165, 1.54) is 12.1 Å². The van der Waals surface area contributed by atoms with E-state index in [-0.39, 0.29) is 67.5 Å². The number of carbonyl (C=O) groups is 1. The van der Waals surface area contributed by atoms with Crippen LogP contribution in [-0.4, -0.2) is 59.9 Å². The molecule has 2 aliphatic heterocycles. The fraction of sp³-hybridized carbons (Fsp3) is 0.429. The van der Waals surface area contributed by atoms with Gasteiger partial charge in [-0.3, -0.25) is 4.79 Å². The summed E-state index contributed by atoms with van der Waals surface area (Å²) >= 11 is 0. The van der Waals surface area contributed by atoms with Crippen molar-refractivity contribution < 1.29 is 36.6 Å². The Morgan fingerprint density at radius 2 is 1.97 bits per heavy atom. The number of ether oxygens (including phenoxy) is 3. The summed E-state index contributed by atoms with van der Waals surface area (Å²) in [6, 6.07) is 3.31. The molecule has 1 aromatic carbocycles. The number of benzene rings is 1. The number of aromatic nitrogens is 2. The van der Waals surface area contributed by atoms with Gasteiger partial charge in [-0.25, -0.2) is 32.5 Å². The van der Waals surface area contributed by atoms with Gasteiger partial charge in [0.25, 0.3) is 17.9 Å². The molecule has 14 heteroatoms. The summed E-state index contributed by atoms with van der Waals surface area (Å²) in [5.41, 5.74) is 1.61. The molecule has 0 bridgehead atoms. The number of carbonyl (C=O) groups excluding carboxylic acids is 1. The van der Waals surface area contributed by atoms with Gasteiger partial charge in [0.1, 0.15) is 18.1 Å². The third kappa shape index (κ3) is 4.45. The van der Waals surface area contributed by atoms with Crippen LogP contribution in [0.15, 0.2) is 35.6 Å². The minimum Gasteiger partial charge on any atom is -0.476 e. The number of hydrogen-bond acceptors (Lipinski definition) is 8. The smallest absolute Gasteiger partial charge is 0.283 e. The standard InChI is InChI=1S/C21H19F4N5O4.ClH/c22-14-2-1-12(3-13(14)20-10-32-8-19(20,23)9-34-18(26)30-20)29-17(31)15-5-28-16(6-27-15)33-7-11-4-21(11,24)25;/h1-3,5-6,11H,4,7-10H2,(H2,26,30)(H,29,31);1H. The molecule has 3 aliphatic rings. The predicted octanol–water partition coefficient (Wildman–Crippen LogP) is 2.60. The number of aliphatic imine (C=N–C) groups is 1.